The molecule has 0 spiro atoms. The van der Waals surface area contributed by atoms with Gasteiger partial charge in [0.05, 0.1) is 0 Å². The van der Waals surface area contributed by atoms with Crippen molar-refractivity contribution in [3.8, 4) is 0 Å². The summed E-state index contributed by atoms with van der Waals surface area (Å²) in [7, 11) is 0. The fourth-order valence-corrected chi connectivity index (χ4v) is 4.95. The number of likely N-dealkylation sites (tertiary alicyclic amines) is 1. The van der Waals surface area contributed by atoms with Crippen molar-refractivity contribution in [2.24, 2.45) is 0 Å². The van der Waals surface area contributed by atoms with Crippen LogP contribution in [-0.2, 0) is 16.1 Å². The number of nitrogens with one attached hydrogen (secondary N) is 1. The van der Waals surface area contributed by atoms with Crippen LogP contribution in [0.4, 0.5) is 0 Å². The molecule has 2 saturated heterocycles. The molecule has 2 aliphatic heterocycles. The summed E-state index contributed by atoms with van der Waals surface area (Å²) in [6.07, 6.45) is 7.08. The minimum Gasteiger partial charge on any atom is -0.338 e. The molecule has 30 heavy (non-hydrogen) atoms. The van der Waals surface area contributed by atoms with E-state index in [0.717, 1.165) is 40.3 Å². The van der Waals surface area contributed by atoms with Gasteiger partial charge in [0.2, 0.25) is 5.91 Å². The molecule has 158 valence electrons. The summed E-state index contributed by atoms with van der Waals surface area (Å²) >= 11 is 8.80. The molecule has 2 amide bonds. The van der Waals surface area contributed by atoms with E-state index in [1.165, 1.54) is 11.3 Å². The summed E-state index contributed by atoms with van der Waals surface area (Å²) in [6.45, 7) is 5.65. The minimum absolute atomic E-state index is 0.128. The highest BCUT2D eigenvalue weighted by Crippen LogP contribution is 2.28. The van der Waals surface area contributed by atoms with E-state index in [4.69, 9.17) is 12.2 Å². The van der Waals surface area contributed by atoms with Crippen molar-refractivity contribution in [1.29, 1.82) is 0 Å². The van der Waals surface area contributed by atoms with E-state index < -0.39 is 0 Å². The lowest BCUT2D eigenvalue weighted by Crippen LogP contribution is -2.43. The third-order valence-corrected chi connectivity index (χ3v) is 6.70. The Kier molecular flexibility index (Phi) is 5.97. The molecule has 2 aliphatic rings. The van der Waals surface area contributed by atoms with Crippen molar-refractivity contribution in [2.75, 3.05) is 13.1 Å². The molecule has 3 heterocycles. The number of likely N-dealkylation sites (N-methyl/N-ethyl adjacent to an activating group) is 1. The second-order valence-electron chi connectivity index (χ2n) is 7.84. The van der Waals surface area contributed by atoms with Gasteiger partial charge in [-0.3, -0.25) is 14.5 Å². The fraction of sp³-hybridized carbons (Fsp3) is 0.409. The summed E-state index contributed by atoms with van der Waals surface area (Å²) in [5.74, 6) is 0.00578. The van der Waals surface area contributed by atoms with Crippen LogP contribution in [0.5, 0.6) is 0 Å². The maximum absolute atomic E-state index is 13.0. The first kappa shape index (κ1) is 21.1. The molecule has 0 radical (unpaired) electrons. The number of amides is 2. The molecule has 1 aromatic carbocycles. The van der Waals surface area contributed by atoms with Crippen LogP contribution in [0.25, 0.3) is 17.0 Å². The molecule has 0 bridgehead atoms. The SMILES string of the molecule is CCN1C(=O)/C(=C/c2cn(CC(=O)N3CCCC[C@H]3C)c3ccc(Br)cc23)NC1=S. The van der Waals surface area contributed by atoms with E-state index in [-0.39, 0.29) is 24.4 Å². The van der Waals surface area contributed by atoms with Gasteiger partial charge in [-0.25, -0.2) is 0 Å². The third kappa shape index (κ3) is 3.90. The van der Waals surface area contributed by atoms with Crippen LogP contribution >= 0.6 is 28.1 Å². The molecule has 0 unspecified atom stereocenters. The van der Waals surface area contributed by atoms with E-state index in [9.17, 15) is 9.59 Å². The van der Waals surface area contributed by atoms with E-state index >= 15 is 0 Å². The van der Waals surface area contributed by atoms with Crippen molar-refractivity contribution in [1.82, 2.24) is 19.7 Å². The van der Waals surface area contributed by atoms with Gasteiger partial charge < -0.3 is 14.8 Å². The van der Waals surface area contributed by atoms with Crippen LogP contribution in [0.1, 0.15) is 38.7 Å². The number of hydrogen-bond acceptors (Lipinski definition) is 3. The number of halogens is 1. The van der Waals surface area contributed by atoms with Gasteiger partial charge in [0.15, 0.2) is 5.11 Å². The van der Waals surface area contributed by atoms with Gasteiger partial charge in [-0.1, -0.05) is 15.9 Å². The van der Waals surface area contributed by atoms with E-state index in [1.807, 2.05) is 46.9 Å². The second-order valence-corrected chi connectivity index (χ2v) is 9.15. The number of carbonyl (C=O) groups is 2. The van der Waals surface area contributed by atoms with Crippen LogP contribution in [0.2, 0.25) is 0 Å². The van der Waals surface area contributed by atoms with Crippen LogP contribution in [0.15, 0.2) is 34.6 Å². The van der Waals surface area contributed by atoms with E-state index in [0.29, 0.717) is 17.4 Å². The zero-order chi connectivity index (χ0) is 21.4. The summed E-state index contributed by atoms with van der Waals surface area (Å²) in [5.41, 5.74) is 2.29. The van der Waals surface area contributed by atoms with Gasteiger partial charge in [0.25, 0.3) is 5.91 Å². The monoisotopic (exact) mass is 488 g/mol. The lowest BCUT2D eigenvalue weighted by molar-refractivity contribution is -0.135. The third-order valence-electron chi connectivity index (χ3n) is 5.88. The van der Waals surface area contributed by atoms with Gasteiger partial charge in [0, 0.05) is 46.3 Å². The number of thiocarbonyl (C=S) groups is 1. The highest BCUT2D eigenvalue weighted by Gasteiger charge is 2.29. The molecule has 2 aromatic rings. The zero-order valence-corrected chi connectivity index (χ0v) is 19.6. The first-order valence-corrected chi connectivity index (χ1v) is 11.5. The zero-order valence-electron chi connectivity index (χ0n) is 17.2. The van der Waals surface area contributed by atoms with Gasteiger partial charge in [-0.2, -0.15) is 0 Å². The van der Waals surface area contributed by atoms with Crippen molar-refractivity contribution in [3.05, 3.63) is 40.1 Å². The van der Waals surface area contributed by atoms with Crippen LogP contribution < -0.4 is 5.32 Å². The van der Waals surface area contributed by atoms with Gasteiger partial charge in [0.1, 0.15) is 12.2 Å². The molecule has 0 saturated carbocycles. The maximum atomic E-state index is 13.0. The highest BCUT2D eigenvalue weighted by molar-refractivity contribution is 9.10. The maximum Gasteiger partial charge on any atom is 0.276 e. The summed E-state index contributed by atoms with van der Waals surface area (Å²) < 4.78 is 2.92. The van der Waals surface area contributed by atoms with Crippen LogP contribution in [0, 0.1) is 0 Å². The van der Waals surface area contributed by atoms with Crippen molar-refractivity contribution < 1.29 is 9.59 Å². The fourth-order valence-electron chi connectivity index (χ4n) is 4.26. The Balaban J connectivity index is 1.69. The standard InChI is InChI=1S/C22H25BrN4O2S/c1-3-26-21(29)18(24-22(26)30)10-15-12-25(19-8-7-16(23)11-17(15)19)13-20(28)27-9-5-4-6-14(27)2/h7-8,10-12,14H,3-6,9,13H2,1-2H3,(H,24,30)/b18-10-/t14-/m1/s1. The number of fused-ring (bicyclic) bond motifs is 1. The average molecular weight is 489 g/mol. The van der Waals surface area contributed by atoms with Crippen LogP contribution in [-0.4, -0.2) is 50.4 Å². The van der Waals surface area contributed by atoms with Crippen LogP contribution in [0.3, 0.4) is 0 Å². The topological polar surface area (TPSA) is 57.6 Å². The lowest BCUT2D eigenvalue weighted by Gasteiger charge is -2.33. The molecule has 2 fully saturated rings. The molecule has 8 heteroatoms. The minimum atomic E-state index is -0.128. The Hall–Kier alpha value is -2.19. The smallest absolute Gasteiger partial charge is 0.276 e. The molecule has 0 aliphatic carbocycles. The highest BCUT2D eigenvalue weighted by atomic mass is 79.9. The summed E-state index contributed by atoms with van der Waals surface area (Å²) in [6, 6.07) is 6.27. The normalized spacial score (nSPS) is 21.0. The summed E-state index contributed by atoms with van der Waals surface area (Å²) in [4.78, 5) is 29.2. The molecule has 1 atom stereocenters. The Morgan fingerprint density at radius 2 is 2.17 bits per heavy atom. The predicted molar refractivity (Wildman–Crippen MR) is 126 cm³/mol. The van der Waals surface area contributed by atoms with E-state index in [2.05, 4.69) is 28.2 Å². The van der Waals surface area contributed by atoms with Crippen molar-refractivity contribution in [2.45, 2.75) is 45.7 Å². The van der Waals surface area contributed by atoms with Crippen molar-refractivity contribution >= 4 is 62.1 Å². The molecule has 6 nitrogen and oxygen atoms in total. The Morgan fingerprint density at radius 1 is 1.37 bits per heavy atom. The van der Waals surface area contributed by atoms with Gasteiger partial charge in [-0.15, -0.1) is 0 Å². The predicted octanol–water partition coefficient (Wildman–Crippen LogP) is 3.88. The van der Waals surface area contributed by atoms with Gasteiger partial charge >= 0.3 is 0 Å². The number of nitrogens with zero attached hydrogens (tertiary/aromatic N) is 3. The summed E-state index contributed by atoms with van der Waals surface area (Å²) in [5, 5.41) is 4.42. The number of aromatic nitrogens is 1. The Morgan fingerprint density at radius 3 is 2.87 bits per heavy atom. The van der Waals surface area contributed by atoms with E-state index in [1.54, 1.807) is 0 Å². The molecular weight excluding hydrogens is 464 g/mol. The number of carbonyl (C=O) groups excluding carboxylic acids is 2. The largest absolute Gasteiger partial charge is 0.338 e. The molecular formula is C22H25BrN4O2S. The molecule has 1 N–H and O–H groups in total. The Bertz CT molecular complexity index is 1060. The van der Waals surface area contributed by atoms with Gasteiger partial charge in [-0.05, 0) is 69.6 Å². The lowest BCUT2D eigenvalue weighted by atomic mass is 10.0. The molecule has 1 aromatic heterocycles. The second kappa shape index (κ2) is 8.51. The number of benzene rings is 1. The number of hydrogen-bond donors (Lipinski definition) is 1. The first-order valence-electron chi connectivity index (χ1n) is 10.3. The molecule has 4 rings (SSSR count). The number of piperidine rings is 1. The first-order chi connectivity index (χ1) is 14.4. The Labute approximate surface area is 190 Å². The van der Waals surface area contributed by atoms with Crippen molar-refractivity contribution in [3.63, 3.8) is 0 Å². The number of rotatable bonds is 4. The average Bonchev–Trinajstić information content (AvgIpc) is 3.18. The quantitative estimate of drug-likeness (QED) is 0.523.